The van der Waals surface area contributed by atoms with E-state index in [9.17, 15) is 9.90 Å². The molecule has 0 heterocycles. The minimum absolute atomic E-state index is 0.0425. The predicted octanol–water partition coefficient (Wildman–Crippen LogP) is 0.459. The summed E-state index contributed by atoms with van der Waals surface area (Å²) in [5, 5.41) is 12.7. The zero-order valence-electron chi connectivity index (χ0n) is 10.7. The number of methoxy groups -OCH3 is 1. The van der Waals surface area contributed by atoms with Crippen molar-refractivity contribution in [2.45, 2.75) is 44.3 Å². The number of hydrogen-bond donors (Lipinski definition) is 2. The monoisotopic (exact) mass is 245 g/mol. The number of aliphatic hydroxyl groups excluding tert-OH is 1. The first-order valence-corrected chi connectivity index (χ1v) is 6.21. The molecule has 17 heavy (non-hydrogen) atoms. The van der Waals surface area contributed by atoms with Gasteiger partial charge in [0.1, 0.15) is 0 Å². The Morgan fingerprint density at radius 3 is 2.71 bits per heavy atom. The fourth-order valence-electron chi connectivity index (χ4n) is 1.98. The maximum atomic E-state index is 11.1. The number of carbonyl (C=O) groups excluding carboxylic acids is 1. The van der Waals surface area contributed by atoms with E-state index in [1.807, 2.05) is 0 Å². The molecule has 1 fully saturated rings. The second kappa shape index (κ2) is 6.93. The van der Waals surface area contributed by atoms with Crippen molar-refractivity contribution in [3.63, 3.8) is 0 Å². The third kappa shape index (κ3) is 4.61. The van der Waals surface area contributed by atoms with E-state index in [-0.39, 0.29) is 18.0 Å². The molecule has 0 aromatic carbocycles. The minimum Gasteiger partial charge on any atom is -0.466 e. The van der Waals surface area contributed by atoms with E-state index in [4.69, 9.17) is 9.47 Å². The molecule has 100 valence electrons. The van der Waals surface area contributed by atoms with E-state index >= 15 is 0 Å². The highest BCUT2D eigenvalue weighted by atomic mass is 16.5. The van der Waals surface area contributed by atoms with E-state index in [0.29, 0.717) is 13.2 Å². The Hall–Kier alpha value is -0.650. The van der Waals surface area contributed by atoms with Crippen LogP contribution in [0.1, 0.15) is 32.6 Å². The van der Waals surface area contributed by atoms with Crippen LogP contribution < -0.4 is 5.32 Å². The number of rotatable bonds is 8. The van der Waals surface area contributed by atoms with Gasteiger partial charge in [0.25, 0.3) is 0 Å². The molecule has 5 heteroatoms. The van der Waals surface area contributed by atoms with Gasteiger partial charge in [-0.3, -0.25) is 4.79 Å². The lowest BCUT2D eigenvalue weighted by atomic mass is 9.80. The Morgan fingerprint density at radius 2 is 2.24 bits per heavy atom. The van der Waals surface area contributed by atoms with Crippen LogP contribution in [0.4, 0.5) is 0 Å². The van der Waals surface area contributed by atoms with Crippen LogP contribution in [0.25, 0.3) is 0 Å². The van der Waals surface area contributed by atoms with Gasteiger partial charge in [-0.15, -0.1) is 0 Å². The lowest BCUT2D eigenvalue weighted by molar-refractivity contribution is -0.145. The molecule has 2 N–H and O–H groups in total. The van der Waals surface area contributed by atoms with Crippen LogP contribution in [0, 0.1) is 0 Å². The van der Waals surface area contributed by atoms with Crippen LogP contribution in [-0.4, -0.2) is 49.6 Å². The van der Waals surface area contributed by atoms with Crippen molar-refractivity contribution >= 4 is 5.97 Å². The van der Waals surface area contributed by atoms with Gasteiger partial charge < -0.3 is 19.9 Å². The highest BCUT2D eigenvalue weighted by molar-refractivity contribution is 5.69. The van der Waals surface area contributed by atoms with Gasteiger partial charge in [-0.2, -0.15) is 0 Å². The second-order valence-corrected chi connectivity index (χ2v) is 4.53. The molecule has 0 aromatic rings. The van der Waals surface area contributed by atoms with Crippen LogP contribution in [0.2, 0.25) is 0 Å². The lowest BCUT2D eigenvalue weighted by Crippen LogP contribution is -2.49. The average molecular weight is 245 g/mol. The highest BCUT2D eigenvalue weighted by Gasteiger charge is 2.36. The van der Waals surface area contributed by atoms with Crippen molar-refractivity contribution in [3.8, 4) is 0 Å². The Kier molecular flexibility index (Phi) is 5.88. The normalized spacial score (nSPS) is 19.5. The van der Waals surface area contributed by atoms with E-state index in [2.05, 4.69) is 5.32 Å². The summed E-state index contributed by atoms with van der Waals surface area (Å²) >= 11 is 0. The van der Waals surface area contributed by atoms with Gasteiger partial charge in [0.15, 0.2) is 0 Å². The van der Waals surface area contributed by atoms with E-state index in [1.54, 1.807) is 14.0 Å². The largest absolute Gasteiger partial charge is 0.466 e. The molecular formula is C12H23NO4. The molecule has 1 unspecified atom stereocenters. The van der Waals surface area contributed by atoms with Crippen LogP contribution >= 0.6 is 0 Å². The minimum atomic E-state index is -0.692. The van der Waals surface area contributed by atoms with Crippen molar-refractivity contribution in [2.24, 2.45) is 0 Å². The second-order valence-electron chi connectivity index (χ2n) is 4.53. The van der Waals surface area contributed by atoms with Gasteiger partial charge in [0.05, 0.1) is 24.7 Å². The van der Waals surface area contributed by atoms with Gasteiger partial charge in [-0.05, 0) is 26.2 Å². The first-order valence-electron chi connectivity index (χ1n) is 6.21. The van der Waals surface area contributed by atoms with Crippen LogP contribution in [0.5, 0.6) is 0 Å². The first kappa shape index (κ1) is 14.4. The summed E-state index contributed by atoms with van der Waals surface area (Å²) in [4.78, 5) is 11.1. The van der Waals surface area contributed by atoms with Crippen molar-refractivity contribution < 1.29 is 19.4 Å². The molecule has 1 saturated carbocycles. The Balaban J connectivity index is 2.11. The molecule has 0 bridgehead atoms. The van der Waals surface area contributed by atoms with Gasteiger partial charge >= 0.3 is 5.97 Å². The summed E-state index contributed by atoms with van der Waals surface area (Å²) in [6, 6.07) is 0. The molecule has 1 aliphatic rings. The van der Waals surface area contributed by atoms with Crippen molar-refractivity contribution in [1.82, 2.24) is 5.32 Å². The molecule has 0 aromatic heterocycles. The summed E-state index contributed by atoms with van der Waals surface area (Å²) in [7, 11) is 1.72. The SMILES string of the molecule is CCOC(=O)CC(O)CNCC1(OC)CCC1. The lowest BCUT2D eigenvalue weighted by Gasteiger charge is -2.40. The van der Waals surface area contributed by atoms with Crippen molar-refractivity contribution in [1.29, 1.82) is 0 Å². The molecule has 0 amide bonds. The summed E-state index contributed by atoms with van der Waals surface area (Å²) < 4.78 is 10.2. The highest BCUT2D eigenvalue weighted by Crippen LogP contribution is 2.34. The zero-order chi connectivity index (χ0) is 12.7. The van der Waals surface area contributed by atoms with Crippen LogP contribution in [-0.2, 0) is 14.3 Å². The predicted molar refractivity (Wildman–Crippen MR) is 63.7 cm³/mol. The Bertz CT molecular complexity index is 235. The number of aliphatic hydroxyl groups is 1. The van der Waals surface area contributed by atoms with Crippen LogP contribution in [0.3, 0.4) is 0 Å². The number of esters is 1. The maximum absolute atomic E-state index is 11.1. The van der Waals surface area contributed by atoms with E-state index in [1.165, 1.54) is 6.42 Å². The number of nitrogens with one attached hydrogen (secondary N) is 1. The van der Waals surface area contributed by atoms with Crippen molar-refractivity contribution in [3.05, 3.63) is 0 Å². The summed E-state index contributed by atoms with van der Waals surface area (Å²) in [5.74, 6) is -0.355. The molecule has 5 nitrogen and oxygen atoms in total. The topological polar surface area (TPSA) is 67.8 Å². The fourth-order valence-corrected chi connectivity index (χ4v) is 1.98. The summed E-state index contributed by atoms with van der Waals surface area (Å²) in [6.07, 6.45) is 2.67. The Morgan fingerprint density at radius 1 is 1.53 bits per heavy atom. The quantitative estimate of drug-likeness (QED) is 0.608. The molecular weight excluding hydrogens is 222 g/mol. The molecule has 1 atom stereocenters. The van der Waals surface area contributed by atoms with Gasteiger partial charge in [-0.25, -0.2) is 0 Å². The number of hydrogen-bond acceptors (Lipinski definition) is 5. The maximum Gasteiger partial charge on any atom is 0.308 e. The standard InChI is InChI=1S/C12H23NO4/c1-3-17-11(15)7-10(14)8-13-9-12(16-2)5-4-6-12/h10,13-14H,3-9H2,1-2H3. The number of carbonyl (C=O) groups is 1. The summed E-state index contributed by atoms with van der Waals surface area (Å²) in [5.41, 5.74) is -0.0519. The molecule has 0 spiro atoms. The third-order valence-electron chi connectivity index (χ3n) is 3.23. The van der Waals surface area contributed by atoms with Gasteiger partial charge in [0, 0.05) is 20.2 Å². The fraction of sp³-hybridized carbons (Fsp3) is 0.917. The van der Waals surface area contributed by atoms with Crippen LogP contribution in [0.15, 0.2) is 0 Å². The molecule has 1 rings (SSSR count). The Labute approximate surface area is 102 Å². The smallest absolute Gasteiger partial charge is 0.308 e. The number of ether oxygens (including phenoxy) is 2. The van der Waals surface area contributed by atoms with E-state index in [0.717, 1.165) is 19.4 Å². The summed E-state index contributed by atoms with van der Waals surface area (Å²) in [6.45, 7) is 3.22. The van der Waals surface area contributed by atoms with Gasteiger partial charge in [0.2, 0.25) is 0 Å². The zero-order valence-corrected chi connectivity index (χ0v) is 10.7. The molecule has 0 aliphatic heterocycles. The van der Waals surface area contributed by atoms with Gasteiger partial charge in [-0.1, -0.05) is 0 Å². The van der Waals surface area contributed by atoms with Crippen molar-refractivity contribution in [2.75, 3.05) is 26.8 Å². The first-order chi connectivity index (χ1) is 8.12. The molecule has 1 aliphatic carbocycles. The third-order valence-corrected chi connectivity index (χ3v) is 3.23. The average Bonchev–Trinajstić information content (AvgIpc) is 2.22. The van der Waals surface area contributed by atoms with E-state index < -0.39 is 6.10 Å². The molecule has 0 radical (unpaired) electrons. The molecule has 0 saturated heterocycles.